The molecule has 27 heavy (non-hydrogen) atoms. The van der Waals surface area contributed by atoms with Crippen LogP contribution in [0, 0.1) is 6.92 Å². The van der Waals surface area contributed by atoms with Gasteiger partial charge in [-0.25, -0.2) is 9.97 Å². The van der Waals surface area contributed by atoms with Crippen LogP contribution in [0.3, 0.4) is 0 Å². The number of hydrogen-bond donors (Lipinski definition) is 1. The molecule has 3 heterocycles. The number of aryl methyl sites for hydroxylation is 1. The van der Waals surface area contributed by atoms with Crippen molar-refractivity contribution in [3.63, 3.8) is 0 Å². The second-order valence-electron chi connectivity index (χ2n) is 6.88. The van der Waals surface area contributed by atoms with Gasteiger partial charge in [0.15, 0.2) is 0 Å². The molecule has 9 heteroatoms. The number of nitrogens with zero attached hydrogens (tertiary/aromatic N) is 6. The van der Waals surface area contributed by atoms with E-state index in [9.17, 15) is 4.79 Å². The lowest BCUT2D eigenvalue weighted by molar-refractivity contribution is -0.127. The van der Waals surface area contributed by atoms with Gasteiger partial charge in [-0.1, -0.05) is 17.4 Å². The monoisotopic (exact) mass is 387 g/mol. The maximum atomic E-state index is 12.5. The first kappa shape index (κ1) is 19.4. The van der Waals surface area contributed by atoms with Crippen LogP contribution in [0.15, 0.2) is 23.7 Å². The molecule has 2 aromatic heterocycles. The molecule has 0 saturated carbocycles. The third kappa shape index (κ3) is 5.54. The topological polar surface area (TPSA) is 87.1 Å². The van der Waals surface area contributed by atoms with E-state index in [0.29, 0.717) is 23.3 Å². The lowest BCUT2D eigenvalue weighted by Gasteiger charge is -2.32. The van der Waals surface area contributed by atoms with Crippen LogP contribution in [0.1, 0.15) is 30.3 Å². The zero-order valence-electron chi connectivity index (χ0n) is 15.9. The third-order valence-electron chi connectivity index (χ3n) is 4.34. The van der Waals surface area contributed by atoms with E-state index in [1.807, 2.05) is 43.0 Å². The number of likely N-dealkylation sites (N-methyl/N-ethyl adjacent to an activating group) is 1. The summed E-state index contributed by atoms with van der Waals surface area (Å²) in [6, 6.07) is 1.95. The molecule has 1 aliphatic heterocycles. The molecule has 8 nitrogen and oxygen atoms in total. The van der Waals surface area contributed by atoms with Crippen molar-refractivity contribution >= 4 is 28.2 Å². The van der Waals surface area contributed by atoms with Crippen LogP contribution in [0.4, 0.5) is 10.9 Å². The van der Waals surface area contributed by atoms with Crippen molar-refractivity contribution in [3.05, 3.63) is 35.2 Å². The van der Waals surface area contributed by atoms with Crippen LogP contribution in [0.25, 0.3) is 0 Å². The number of nitrogens with one attached hydrogen (secondary N) is 1. The number of piperidine rings is 1. The Labute approximate surface area is 163 Å². The average Bonchev–Trinajstić information content (AvgIpc) is 3.14. The van der Waals surface area contributed by atoms with Gasteiger partial charge in [0.25, 0.3) is 0 Å². The van der Waals surface area contributed by atoms with Crippen LogP contribution in [-0.2, 0) is 4.79 Å². The molecule has 144 valence electrons. The molecule has 1 aliphatic rings. The quantitative estimate of drug-likeness (QED) is 0.760. The Morgan fingerprint density at radius 1 is 1.44 bits per heavy atom. The third-order valence-corrected chi connectivity index (χ3v) is 4.94. The highest BCUT2D eigenvalue weighted by Crippen LogP contribution is 2.28. The minimum atomic E-state index is 0.0690. The van der Waals surface area contributed by atoms with E-state index < -0.39 is 0 Å². The second-order valence-corrected chi connectivity index (χ2v) is 7.72. The van der Waals surface area contributed by atoms with Gasteiger partial charge < -0.3 is 15.1 Å². The SMILES string of the molecule is Cc1nc(Nc2nncs2)cc([C@@H]2CCCN(C(=O)/C=C/CN(C)C)C2)n1. The fourth-order valence-corrected chi connectivity index (χ4v) is 3.54. The molecule has 1 amide bonds. The van der Waals surface area contributed by atoms with Crippen molar-refractivity contribution in [2.24, 2.45) is 0 Å². The molecular weight excluding hydrogens is 362 g/mol. The highest BCUT2D eigenvalue weighted by Gasteiger charge is 2.25. The van der Waals surface area contributed by atoms with Gasteiger partial charge in [-0.2, -0.15) is 0 Å². The fourth-order valence-electron chi connectivity index (χ4n) is 3.09. The number of aromatic nitrogens is 4. The summed E-state index contributed by atoms with van der Waals surface area (Å²) in [5, 5.41) is 11.7. The van der Waals surface area contributed by atoms with Crippen molar-refractivity contribution in [1.29, 1.82) is 0 Å². The molecule has 0 bridgehead atoms. The Kier molecular flexibility index (Phi) is 6.46. The van der Waals surface area contributed by atoms with Gasteiger partial charge in [0, 0.05) is 37.7 Å². The van der Waals surface area contributed by atoms with Gasteiger partial charge >= 0.3 is 0 Å². The molecule has 0 spiro atoms. The van der Waals surface area contributed by atoms with E-state index in [0.717, 1.165) is 31.6 Å². The number of amides is 1. The number of rotatable bonds is 6. The van der Waals surface area contributed by atoms with E-state index in [4.69, 9.17) is 0 Å². The lowest BCUT2D eigenvalue weighted by Crippen LogP contribution is -2.38. The van der Waals surface area contributed by atoms with E-state index in [1.54, 1.807) is 11.6 Å². The minimum Gasteiger partial charge on any atom is -0.339 e. The number of hydrogen-bond acceptors (Lipinski definition) is 8. The van der Waals surface area contributed by atoms with E-state index in [1.165, 1.54) is 11.3 Å². The van der Waals surface area contributed by atoms with Crippen molar-refractivity contribution in [3.8, 4) is 0 Å². The lowest BCUT2D eigenvalue weighted by atomic mass is 9.94. The van der Waals surface area contributed by atoms with Gasteiger partial charge in [-0.3, -0.25) is 4.79 Å². The van der Waals surface area contributed by atoms with Crippen LogP contribution in [0.5, 0.6) is 0 Å². The Morgan fingerprint density at radius 3 is 3.04 bits per heavy atom. The highest BCUT2D eigenvalue weighted by atomic mass is 32.1. The van der Waals surface area contributed by atoms with Crippen molar-refractivity contribution in [2.45, 2.75) is 25.7 Å². The Hall–Kier alpha value is -2.39. The zero-order valence-corrected chi connectivity index (χ0v) is 16.7. The molecular formula is C18H25N7OS. The molecule has 1 saturated heterocycles. The largest absolute Gasteiger partial charge is 0.339 e. The predicted octanol–water partition coefficient (Wildman–Crippen LogP) is 2.20. The zero-order chi connectivity index (χ0) is 19.2. The summed E-state index contributed by atoms with van der Waals surface area (Å²) in [6.07, 6.45) is 5.57. The first-order valence-corrected chi connectivity index (χ1v) is 9.88. The summed E-state index contributed by atoms with van der Waals surface area (Å²) in [6.45, 7) is 4.11. The van der Waals surface area contributed by atoms with Crippen LogP contribution < -0.4 is 5.32 Å². The van der Waals surface area contributed by atoms with E-state index in [2.05, 4.69) is 25.5 Å². The van der Waals surface area contributed by atoms with Gasteiger partial charge in [0.05, 0.1) is 5.69 Å². The molecule has 1 fully saturated rings. The molecule has 0 radical (unpaired) electrons. The maximum absolute atomic E-state index is 12.5. The summed E-state index contributed by atoms with van der Waals surface area (Å²) in [5.74, 6) is 1.69. The summed E-state index contributed by atoms with van der Waals surface area (Å²) >= 11 is 1.42. The smallest absolute Gasteiger partial charge is 0.246 e. The summed E-state index contributed by atoms with van der Waals surface area (Å²) in [7, 11) is 3.97. The van der Waals surface area contributed by atoms with Gasteiger partial charge in [-0.05, 0) is 33.9 Å². The highest BCUT2D eigenvalue weighted by molar-refractivity contribution is 7.13. The average molecular weight is 388 g/mol. The summed E-state index contributed by atoms with van der Waals surface area (Å²) in [4.78, 5) is 25.5. The molecule has 0 unspecified atom stereocenters. The standard InChI is InChI=1S/C18H25N7OS/c1-13-20-15(10-16(21-13)22-18-23-19-12-27-18)14-6-4-9-25(11-14)17(26)7-5-8-24(2)3/h5,7,10,12,14H,4,6,8-9,11H2,1-3H3,(H,20,21,22,23)/b7-5+/t14-/m1/s1. The molecule has 3 rings (SSSR count). The van der Waals surface area contributed by atoms with Crippen molar-refractivity contribution in [2.75, 3.05) is 39.0 Å². The van der Waals surface area contributed by atoms with Crippen molar-refractivity contribution in [1.82, 2.24) is 30.0 Å². The molecule has 1 N–H and O–H groups in total. The second kappa shape index (κ2) is 9.01. The first-order valence-electron chi connectivity index (χ1n) is 9.00. The number of carbonyl (C=O) groups excluding carboxylic acids is 1. The Bertz CT molecular complexity index is 791. The van der Waals surface area contributed by atoms with Gasteiger partial charge in [-0.15, -0.1) is 10.2 Å². The predicted molar refractivity (Wildman–Crippen MR) is 106 cm³/mol. The van der Waals surface area contributed by atoms with Gasteiger partial charge in [0.1, 0.15) is 17.2 Å². The first-order chi connectivity index (χ1) is 13.0. The normalized spacial score (nSPS) is 17.6. The van der Waals surface area contributed by atoms with Crippen LogP contribution >= 0.6 is 11.3 Å². The fraction of sp³-hybridized carbons (Fsp3) is 0.500. The Balaban J connectivity index is 1.69. The van der Waals surface area contributed by atoms with Crippen LogP contribution in [0.2, 0.25) is 0 Å². The number of carbonyl (C=O) groups is 1. The molecule has 0 aromatic carbocycles. The molecule has 0 aliphatic carbocycles. The Morgan fingerprint density at radius 2 is 2.30 bits per heavy atom. The molecule has 2 aromatic rings. The van der Waals surface area contributed by atoms with E-state index >= 15 is 0 Å². The van der Waals surface area contributed by atoms with Crippen LogP contribution in [-0.4, -0.2) is 69.6 Å². The number of anilines is 2. The van der Waals surface area contributed by atoms with Crippen molar-refractivity contribution < 1.29 is 4.79 Å². The summed E-state index contributed by atoms with van der Waals surface area (Å²) in [5.41, 5.74) is 2.63. The number of likely N-dealkylation sites (tertiary alicyclic amines) is 1. The minimum absolute atomic E-state index is 0.0690. The summed E-state index contributed by atoms with van der Waals surface area (Å²) < 4.78 is 0. The molecule has 1 atom stereocenters. The van der Waals surface area contributed by atoms with Gasteiger partial charge in [0.2, 0.25) is 11.0 Å². The maximum Gasteiger partial charge on any atom is 0.246 e. The van der Waals surface area contributed by atoms with E-state index in [-0.39, 0.29) is 11.8 Å².